The van der Waals surface area contributed by atoms with Crippen molar-refractivity contribution in [2.45, 2.75) is 0 Å². The van der Waals surface area contributed by atoms with Crippen molar-refractivity contribution in [2.24, 2.45) is 0 Å². The first-order chi connectivity index (χ1) is 8.83. The third kappa shape index (κ3) is 7.66. The maximum Gasteiger partial charge on any atom is 0.119 e. The van der Waals surface area contributed by atoms with Gasteiger partial charge in [-0.2, -0.15) is 0 Å². The van der Waals surface area contributed by atoms with Crippen LogP contribution < -0.4 is 4.74 Å². The Balaban J connectivity index is 1.91. The summed E-state index contributed by atoms with van der Waals surface area (Å²) < 4.78 is 22.0. The predicted molar refractivity (Wildman–Crippen MR) is 73.2 cm³/mol. The van der Waals surface area contributed by atoms with Gasteiger partial charge in [0.1, 0.15) is 12.4 Å². The van der Waals surface area contributed by atoms with Crippen molar-refractivity contribution in [2.75, 3.05) is 46.8 Å². The SMILES string of the molecule is COCCOCCOCCOc1ccc(Br)cc1. The average molecular weight is 319 g/mol. The van der Waals surface area contributed by atoms with Crippen molar-refractivity contribution >= 4 is 15.9 Å². The Labute approximate surface area is 116 Å². The van der Waals surface area contributed by atoms with E-state index in [1.807, 2.05) is 24.3 Å². The molecule has 102 valence electrons. The number of hydrogen-bond donors (Lipinski definition) is 0. The molecule has 18 heavy (non-hydrogen) atoms. The van der Waals surface area contributed by atoms with Gasteiger partial charge >= 0.3 is 0 Å². The van der Waals surface area contributed by atoms with Crippen molar-refractivity contribution in [3.63, 3.8) is 0 Å². The second kappa shape index (κ2) is 10.3. The van der Waals surface area contributed by atoms with Crippen LogP contribution in [-0.4, -0.2) is 46.8 Å². The molecule has 0 aliphatic carbocycles. The zero-order valence-electron chi connectivity index (χ0n) is 10.6. The standard InChI is InChI=1S/C13H19BrO4/c1-15-6-7-16-8-9-17-10-11-18-13-4-2-12(14)3-5-13/h2-5H,6-11H2,1H3. The van der Waals surface area contributed by atoms with Crippen LogP contribution in [0.2, 0.25) is 0 Å². The molecule has 0 heterocycles. The number of ether oxygens (including phenoxy) is 4. The summed E-state index contributed by atoms with van der Waals surface area (Å²) in [5, 5.41) is 0. The second-order valence-electron chi connectivity index (χ2n) is 3.52. The lowest BCUT2D eigenvalue weighted by Crippen LogP contribution is -2.12. The normalized spacial score (nSPS) is 10.6. The Hall–Kier alpha value is -0.620. The molecule has 0 saturated carbocycles. The van der Waals surface area contributed by atoms with Crippen LogP contribution in [0.4, 0.5) is 0 Å². The van der Waals surface area contributed by atoms with E-state index in [4.69, 9.17) is 18.9 Å². The molecule has 0 N–H and O–H groups in total. The van der Waals surface area contributed by atoms with E-state index in [0.717, 1.165) is 10.2 Å². The summed E-state index contributed by atoms with van der Waals surface area (Å²) in [7, 11) is 1.65. The van der Waals surface area contributed by atoms with Gasteiger partial charge in [0.25, 0.3) is 0 Å². The van der Waals surface area contributed by atoms with E-state index < -0.39 is 0 Å². The molecule has 0 unspecified atom stereocenters. The van der Waals surface area contributed by atoms with E-state index >= 15 is 0 Å². The van der Waals surface area contributed by atoms with Crippen LogP contribution in [0, 0.1) is 0 Å². The van der Waals surface area contributed by atoms with Crippen molar-refractivity contribution in [1.29, 1.82) is 0 Å². The highest BCUT2D eigenvalue weighted by Crippen LogP contribution is 2.15. The zero-order valence-corrected chi connectivity index (χ0v) is 12.1. The molecule has 5 heteroatoms. The van der Waals surface area contributed by atoms with E-state index in [1.54, 1.807) is 7.11 Å². The van der Waals surface area contributed by atoms with E-state index in [-0.39, 0.29) is 0 Å². The van der Waals surface area contributed by atoms with Crippen LogP contribution in [-0.2, 0) is 14.2 Å². The highest BCUT2D eigenvalue weighted by Gasteiger charge is 1.94. The number of rotatable bonds is 10. The molecule has 0 aliphatic rings. The van der Waals surface area contributed by atoms with Gasteiger partial charge in [-0.05, 0) is 24.3 Å². The van der Waals surface area contributed by atoms with Crippen LogP contribution >= 0.6 is 15.9 Å². The van der Waals surface area contributed by atoms with Gasteiger partial charge in [-0.1, -0.05) is 15.9 Å². The minimum Gasteiger partial charge on any atom is -0.491 e. The van der Waals surface area contributed by atoms with Crippen molar-refractivity contribution in [1.82, 2.24) is 0 Å². The van der Waals surface area contributed by atoms with Crippen molar-refractivity contribution < 1.29 is 18.9 Å². The van der Waals surface area contributed by atoms with Crippen LogP contribution in [0.1, 0.15) is 0 Å². The van der Waals surface area contributed by atoms with Gasteiger partial charge < -0.3 is 18.9 Å². The summed E-state index contributed by atoms with van der Waals surface area (Å²) in [5.41, 5.74) is 0. The van der Waals surface area contributed by atoms with Crippen LogP contribution in [0.15, 0.2) is 28.7 Å². The van der Waals surface area contributed by atoms with Gasteiger partial charge in [-0.15, -0.1) is 0 Å². The summed E-state index contributed by atoms with van der Waals surface area (Å²) >= 11 is 3.37. The third-order valence-corrected chi connectivity index (χ3v) is 2.64. The lowest BCUT2D eigenvalue weighted by atomic mass is 10.3. The molecule has 4 nitrogen and oxygen atoms in total. The fourth-order valence-electron chi connectivity index (χ4n) is 1.21. The molecule has 0 radical (unpaired) electrons. The first-order valence-electron chi connectivity index (χ1n) is 5.85. The van der Waals surface area contributed by atoms with Gasteiger partial charge in [-0.25, -0.2) is 0 Å². The van der Waals surface area contributed by atoms with Crippen LogP contribution in [0.5, 0.6) is 5.75 Å². The monoisotopic (exact) mass is 318 g/mol. The maximum atomic E-state index is 5.50. The molecular formula is C13H19BrO4. The molecule has 0 bridgehead atoms. The quantitative estimate of drug-likeness (QED) is 0.621. The van der Waals surface area contributed by atoms with E-state index in [9.17, 15) is 0 Å². The van der Waals surface area contributed by atoms with Gasteiger partial charge in [-0.3, -0.25) is 0 Å². The molecule has 1 aromatic rings. The molecule has 1 aromatic carbocycles. The zero-order chi connectivity index (χ0) is 13.1. The number of methoxy groups -OCH3 is 1. The number of halogens is 1. The molecule has 0 spiro atoms. The summed E-state index contributed by atoms with van der Waals surface area (Å²) in [5.74, 6) is 0.846. The Kier molecular flexibility index (Phi) is 8.85. The first-order valence-corrected chi connectivity index (χ1v) is 6.65. The fourth-order valence-corrected chi connectivity index (χ4v) is 1.48. The molecule has 0 amide bonds. The largest absolute Gasteiger partial charge is 0.491 e. The average Bonchev–Trinajstić information content (AvgIpc) is 2.39. The summed E-state index contributed by atoms with van der Waals surface area (Å²) in [4.78, 5) is 0. The Bertz CT molecular complexity index is 302. The first kappa shape index (κ1) is 15.4. The third-order valence-electron chi connectivity index (χ3n) is 2.11. The van der Waals surface area contributed by atoms with Crippen molar-refractivity contribution in [3.8, 4) is 5.75 Å². The van der Waals surface area contributed by atoms with Gasteiger partial charge in [0.15, 0.2) is 0 Å². The number of hydrogen-bond acceptors (Lipinski definition) is 4. The highest BCUT2D eigenvalue weighted by molar-refractivity contribution is 9.10. The van der Waals surface area contributed by atoms with Gasteiger partial charge in [0.05, 0.1) is 33.0 Å². The second-order valence-corrected chi connectivity index (χ2v) is 4.44. The molecule has 0 fully saturated rings. The molecular weight excluding hydrogens is 300 g/mol. The fraction of sp³-hybridized carbons (Fsp3) is 0.538. The Morgan fingerprint density at radius 1 is 0.833 bits per heavy atom. The minimum atomic E-state index is 0.541. The van der Waals surface area contributed by atoms with Crippen LogP contribution in [0.3, 0.4) is 0 Å². The van der Waals surface area contributed by atoms with Crippen LogP contribution in [0.25, 0.3) is 0 Å². The van der Waals surface area contributed by atoms with E-state index in [1.165, 1.54) is 0 Å². The molecule has 0 aliphatic heterocycles. The Morgan fingerprint density at radius 2 is 1.39 bits per heavy atom. The van der Waals surface area contributed by atoms with Gasteiger partial charge in [0.2, 0.25) is 0 Å². The smallest absolute Gasteiger partial charge is 0.119 e. The summed E-state index contributed by atoms with van der Waals surface area (Å²) in [6.07, 6.45) is 0. The molecule has 0 atom stereocenters. The van der Waals surface area contributed by atoms with Gasteiger partial charge in [0, 0.05) is 11.6 Å². The van der Waals surface area contributed by atoms with E-state index in [2.05, 4.69) is 15.9 Å². The van der Waals surface area contributed by atoms with E-state index in [0.29, 0.717) is 39.6 Å². The summed E-state index contributed by atoms with van der Waals surface area (Å²) in [6.45, 7) is 3.49. The Morgan fingerprint density at radius 3 is 2.00 bits per heavy atom. The summed E-state index contributed by atoms with van der Waals surface area (Å²) in [6, 6.07) is 7.72. The maximum absolute atomic E-state index is 5.50. The number of benzene rings is 1. The molecule has 0 aromatic heterocycles. The predicted octanol–water partition coefficient (Wildman–Crippen LogP) is 2.51. The lowest BCUT2D eigenvalue weighted by molar-refractivity contribution is 0.0180. The molecule has 0 saturated heterocycles. The minimum absolute atomic E-state index is 0.541. The topological polar surface area (TPSA) is 36.9 Å². The lowest BCUT2D eigenvalue weighted by Gasteiger charge is -2.07. The van der Waals surface area contributed by atoms with Crippen molar-refractivity contribution in [3.05, 3.63) is 28.7 Å². The highest BCUT2D eigenvalue weighted by atomic mass is 79.9. The molecule has 1 rings (SSSR count).